The molecule has 2 rings (SSSR count). The van der Waals surface area contributed by atoms with Crippen molar-refractivity contribution in [1.29, 1.82) is 0 Å². The van der Waals surface area contributed by atoms with Crippen LogP contribution in [0.1, 0.15) is 44.6 Å². The molecule has 23 heavy (non-hydrogen) atoms. The summed E-state index contributed by atoms with van der Waals surface area (Å²) in [5, 5.41) is 0. The number of esters is 1. The number of ether oxygens (including phenoxy) is 1. The number of hydrogen-bond acceptors (Lipinski definition) is 2. The standard InChI is InChI=1S/C16H17F5O2/c1-2-9-3-5-10(6-4-9)15(22)23-11-7-12(17)14(13(18)8-11)16(19,20)21/h7-10H,2-6H2,1H3. The molecule has 0 amide bonds. The lowest BCUT2D eigenvalue weighted by atomic mass is 9.81. The van der Waals surface area contributed by atoms with Gasteiger partial charge in [0.2, 0.25) is 0 Å². The first-order valence-electron chi connectivity index (χ1n) is 7.50. The molecule has 2 nitrogen and oxygen atoms in total. The number of hydrogen-bond donors (Lipinski definition) is 0. The summed E-state index contributed by atoms with van der Waals surface area (Å²) < 4.78 is 69.2. The molecule has 0 heterocycles. The third kappa shape index (κ3) is 4.20. The average Bonchev–Trinajstić information content (AvgIpc) is 2.45. The third-order valence-corrected chi connectivity index (χ3v) is 4.27. The first-order chi connectivity index (χ1) is 10.7. The van der Waals surface area contributed by atoms with E-state index < -0.39 is 35.1 Å². The van der Waals surface area contributed by atoms with Crippen LogP contribution in [-0.4, -0.2) is 5.97 Å². The predicted octanol–water partition coefficient (Wildman–Crippen LogP) is 5.11. The molecule has 7 heteroatoms. The molecule has 128 valence electrons. The molecule has 0 atom stereocenters. The van der Waals surface area contributed by atoms with Gasteiger partial charge in [0.1, 0.15) is 22.9 Å². The Kier molecular flexibility index (Phi) is 5.26. The molecule has 1 aromatic carbocycles. The Labute approximate surface area is 130 Å². The van der Waals surface area contributed by atoms with E-state index in [9.17, 15) is 26.7 Å². The summed E-state index contributed by atoms with van der Waals surface area (Å²) in [5.74, 6) is -4.62. The van der Waals surface area contributed by atoms with E-state index in [0.717, 1.165) is 19.3 Å². The quantitative estimate of drug-likeness (QED) is 0.436. The van der Waals surface area contributed by atoms with E-state index >= 15 is 0 Å². The Morgan fingerprint density at radius 2 is 1.65 bits per heavy atom. The maximum atomic E-state index is 13.4. The van der Waals surface area contributed by atoms with Gasteiger partial charge in [0.05, 0.1) is 5.92 Å². The zero-order valence-electron chi connectivity index (χ0n) is 12.6. The van der Waals surface area contributed by atoms with E-state index in [-0.39, 0.29) is 5.92 Å². The fourth-order valence-electron chi connectivity index (χ4n) is 2.89. The van der Waals surface area contributed by atoms with E-state index in [2.05, 4.69) is 6.92 Å². The number of benzene rings is 1. The van der Waals surface area contributed by atoms with Crippen molar-refractivity contribution in [1.82, 2.24) is 0 Å². The lowest BCUT2D eigenvalue weighted by Crippen LogP contribution is -2.25. The molecule has 0 N–H and O–H groups in total. The second-order valence-electron chi connectivity index (χ2n) is 5.81. The van der Waals surface area contributed by atoms with Crippen LogP contribution in [0.2, 0.25) is 0 Å². The van der Waals surface area contributed by atoms with Gasteiger partial charge in [0.15, 0.2) is 0 Å². The molecule has 1 aliphatic carbocycles. The molecule has 0 aromatic heterocycles. The highest BCUT2D eigenvalue weighted by Crippen LogP contribution is 2.36. The zero-order chi connectivity index (χ0) is 17.2. The monoisotopic (exact) mass is 336 g/mol. The molecule has 0 spiro atoms. The van der Waals surface area contributed by atoms with Crippen LogP contribution in [0.3, 0.4) is 0 Å². The molecule has 0 radical (unpaired) electrons. The van der Waals surface area contributed by atoms with Crippen LogP contribution in [0.15, 0.2) is 12.1 Å². The molecule has 0 saturated heterocycles. The largest absolute Gasteiger partial charge is 0.426 e. The van der Waals surface area contributed by atoms with Gasteiger partial charge in [-0.05, 0) is 31.6 Å². The van der Waals surface area contributed by atoms with Gasteiger partial charge in [-0.25, -0.2) is 8.78 Å². The average molecular weight is 336 g/mol. The smallest absolute Gasteiger partial charge is 0.422 e. The molecular formula is C16H17F5O2. The Bertz CT molecular complexity index is 551. The van der Waals surface area contributed by atoms with Crippen LogP contribution in [0, 0.1) is 23.5 Å². The number of alkyl halides is 3. The van der Waals surface area contributed by atoms with Crippen molar-refractivity contribution in [3.05, 3.63) is 29.3 Å². The highest BCUT2D eigenvalue weighted by atomic mass is 19.4. The van der Waals surface area contributed by atoms with Gasteiger partial charge in [-0.3, -0.25) is 4.79 Å². The molecule has 1 fully saturated rings. The van der Waals surface area contributed by atoms with Crippen LogP contribution in [0.5, 0.6) is 5.75 Å². The Hall–Kier alpha value is -1.66. The van der Waals surface area contributed by atoms with Crippen LogP contribution >= 0.6 is 0 Å². The normalized spacial score (nSPS) is 22.0. The van der Waals surface area contributed by atoms with Crippen LogP contribution in [0.25, 0.3) is 0 Å². The van der Waals surface area contributed by atoms with Gasteiger partial charge < -0.3 is 4.74 Å². The van der Waals surface area contributed by atoms with Gasteiger partial charge in [0.25, 0.3) is 0 Å². The van der Waals surface area contributed by atoms with Crippen molar-refractivity contribution in [2.24, 2.45) is 11.8 Å². The number of carbonyl (C=O) groups is 1. The van der Waals surface area contributed by atoms with Crippen molar-refractivity contribution in [2.75, 3.05) is 0 Å². The van der Waals surface area contributed by atoms with Crippen molar-refractivity contribution < 1.29 is 31.5 Å². The van der Waals surface area contributed by atoms with Gasteiger partial charge in [-0.2, -0.15) is 13.2 Å². The van der Waals surface area contributed by atoms with Gasteiger partial charge in [0, 0.05) is 12.1 Å². The van der Waals surface area contributed by atoms with E-state index in [1.807, 2.05) is 0 Å². The Morgan fingerprint density at radius 3 is 2.09 bits per heavy atom. The fourth-order valence-corrected chi connectivity index (χ4v) is 2.89. The van der Waals surface area contributed by atoms with E-state index in [0.29, 0.717) is 30.9 Å². The topological polar surface area (TPSA) is 26.3 Å². The second kappa shape index (κ2) is 6.84. The van der Waals surface area contributed by atoms with Gasteiger partial charge in [-0.1, -0.05) is 13.3 Å². The summed E-state index contributed by atoms with van der Waals surface area (Å²) in [6.07, 6.45) is -1.16. The minimum Gasteiger partial charge on any atom is -0.426 e. The fraction of sp³-hybridized carbons (Fsp3) is 0.562. The Morgan fingerprint density at radius 1 is 1.13 bits per heavy atom. The van der Waals surface area contributed by atoms with Gasteiger partial charge >= 0.3 is 12.1 Å². The minimum absolute atomic E-state index is 0.383. The van der Waals surface area contributed by atoms with E-state index in [4.69, 9.17) is 4.74 Å². The van der Waals surface area contributed by atoms with Crippen molar-refractivity contribution >= 4 is 5.97 Å². The molecule has 1 saturated carbocycles. The van der Waals surface area contributed by atoms with Crippen molar-refractivity contribution in [3.8, 4) is 5.75 Å². The van der Waals surface area contributed by atoms with Crippen molar-refractivity contribution in [3.63, 3.8) is 0 Å². The maximum Gasteiger partial charge on any atom is 0.422 e. The number of rotatable bonds is 3. The summed E-state index contributed by atoms with van der Waals surface area (Å²) in [7, 11) is 0. The summed E-state index contributed by atoms with van der Waals surface area (Å²) >= 11 is 0. The van der Waals surface area contributed by atoms with Crippen LogP contribution in [-0.2, 0) is 11.0 Å². The molecule has 1 aromatic rings. The second-order valence-corrected chi connectivity index (χ2v) is 5.81. The SMILES string of the molecule is CCC1CCC(C(=O)Oc2cc(F)c(C(F)(F)F)c(F)c2)CC1. The lowest BCUT2D eigenvalue weighted by molar-refractivity contribution is -0.142. The predicted molar refractivity (Wildman–Crippen MR) is 72.7 cm³/mol. The summed E-state index contributed by atoms with van der Waals surface area (Å²) in [5.41, 5.74) is -1.99. The van der Waals surface area contributed by atoms with E-state index in [1.165, 1.54) is 0 Å². The molecule has 0 bridgehead atoms. The van der Waals surface area contributed by atoms with Crippen LogP contribution < -0.4 is 4.74 Å². The van der Waals surface area contributed by atoms with E-state index in [1.54, 1.807) is 0 Å². The highest BCUT2D eigenvalue weighted by Gasteiger charge is 2.38. The molecule has 0 aliphatic heterocycles. The molecule has 0 unspecified atom stereocenters. The molecule has 1 aliphatic rings. The Balaban J connectivity index is 2.08. The summed E-state index contributed by atoms with van der Waals surface area (Å²) in [6, 6.07) is 0.781. The minimum atomic E-state index is -5.14. The summed E-state index contributed by atoms with van der Waals surface area (Å²) in [6.45, 7) is 2.07. The highest BCUT2D eigenvalue weighted by molar-refractivity contribution is 5.75. The first kappa shape index (κ1) is 17.7. The lowest BCUT2D eigenvalue weighted by Gasteiger charge is -2.26. The van der Waals surface area contributed by atoms with Gasteiger partial charge in [-0.15, -0.1) is 0 Å². The van der Waals surface area contributed by atoms with Crippen molar-refractivity contribution in [2.45, 2.75) is 45.2 Å². The zero-order valence-corrected chi connectivity index (χ0v) is 12.6. The maximum absolute atomic E-state index is 13.4. The number of halogens is 5. The molecular weight excluding hydrogens is 319 g/mol. The van der Waals surface area contributed by atoms with Crippen LogP contribution in [0.4, 0.5) is 22.0 Å². The first-order valence-corrected chi connectivity index (χ1v) is 7.50. The number of carbonyl (C=O) groups excluding carboxylic acids is 1. The third-order valence-electron chi connectivity index (χ3n) is 4.27. The summed E-state index contributed by atoms with van der Waals surface area (Å²) in [4.78, 5) is 12.0.